The predicted octanol–water partition coefficient (Wildman–Crippen LogP) is 4.95. The minimum Gasteiger partial charge on any atom is -0.380 e. The molecule has 2 aromatic carbocycles. The Morgan fingerprint density at radius 2 is 2.00 bits per heavy atom. The van der Waals surface area contributed by atoms with E-state index in [1.807, 2.05) is 4.90 Å². The zero-order valence-corrected chi connectivity index (χ0v) is 22.1. The number of benzene rings is 2. The van der Waals surface area contributed by atoms with Crippen LogP contribution in [-0.4, -0.2) is 58.7 Å². The maximum Gasteiger partial charge on any atom is 0.416 e. The second-order valence-electron chi connectivity index (χ2n) is 9.17. The normalized spacial score (nSPS) is 19.2. The Bertz CT molecular complexity index is 1350. The average molecular weight is 580 g/mol. The molecule has 3 amide bonds. The molecule has 8 nitrogen and oxygen atoms in total. The van der Waals surface area contributed by atoms with Crippen molar-refractivity contribution >= 4 is 58.4 Å². The fourth-order valence-electron chi connectivity index (χ4n) is 4.64. The van der Waals surface area contributed by atoms with Crippen LogP contribution in [0.25, 0.3) is 6.08 Å². The van der Waals surface area contributed by atoms with Crippen molar-refractivity contribution in [3.8, 4) is 0 Å². The second-order valence-corrected chi connectivity index (χ2v) is 10.6. The van der Waals surface area contributed by atoms with E-state index in [0.29, 0.717) is 23.4 Å². The molecule has 0 radical (unpaired) electrons. The Labute approximate surface area is 231 Å². The molecule has 1 atom stereocenters. The van der Waals surface area contributed by atoms with Crippen molar-refractivity contribution in [2.45, 2.75) is 31.6 Å². The first-order valence-corrected chi connectivity index (χ1v) is 13.2. The van der Waals surface area contributed by atoms with Gasteiger partial charge in [-0.25, -0.2) is 0 Å². The highest BCUT2D eigenvalue weighted by atomic mass is 35.5. The van der Waals surface area contributed by atoms with Gasteiger partial charge in [0.25, 0.3) is 11.1 Å². The van der Waals surface area contributed by atoms with Crippen molar-refractivity contribution < 1.29 is 27.6 Å². The number of halogens is 4. The van der Waals surface area contributed by atoms with Crippen molar-refractivity contribution in [1.82, 2.24) is 9.80 Å². The summed E-state index contributed by atoms with van der Waals surface area (Å²) in [4.78, 5) is 40.2. The molecule has 2 aliphatic rings. The van der Waals surface area contributed by atoms with Gasteiger partial charge in [0.2, 0.25) is 5.91 Å². The molecular weight excluding hydrogens is 555 g/mol. The highest BCUT2D eigenvalue weighted by Crippen LogP contribution is 2.35. The van der Waals surface area contributed by atoms with Crippen LogP contribution in [0.5, 0.6) is 0 Å². The number of amides is 3. The van der Waals surface area contributed by atoms with E-state index in [2.05, 4.69) is 5.32 Å². The summed E-state index contributed by atoms with van der Waals surface area (Å²) in [7, 11) is 0. The molecule has 0 saturated carbocycles. The van der Waals surface area contributed by atoms with Gasteiger partial charge in [-0.2, -0.15) is 13.2 Å². The molecule has 2 aliphatic heterocycles. The lowest BCUT2D eigenvalue weighted by atomic mass is 10.1. The average Bonchev–Trinajstić information content (AvgIpc) is 3.41. The van der Waals surface area contributed by atoms with Crippen molar-refractivity contribution in [1.29, 1.82) is 5.41 Å². The molecule has 4 rings (SSSR count). The molecule has 13 heteroatoms. The van der Waals surface area contributed by atoms with Gasteiger partial charge >= 0.3 is 6.18 Å². The molecule has 0 bridgehead atoms. The zero-order chi connectivity index (χ0) is 28.3. The zero-order valence-electron chi connectivity index (χ0n) is 20.6. The molecule has 0 aromatic heterocycles. The van der Waals surface area contributed by atoms with Gasteiger partial charge in [0.15, 0.2) is 0 Å². The van der Waals surface area contributed by atoms with Crippen molar-refractivity contribution in [3.05, 3.63) is 68.6 Å². The number of nitrogens with two attached hydrogens (primary N) is 1. The summed E-state index contributed by atoms with van der Waals surface area (Å²) in [5, 5.41) is 10.3. The van der Waals surface area contributed by atoms with Gasteiger partial charge in [0, 0.05) is 41.6 Å². The summed E-state index contributed by atoms with van der Waals surface area (Å²) in [5.74, 6) is -0.915. The van der Waals surface area contributed by atoms with Crippen LogP contribution in [0.3, 0.4) is 0 Å². The van der Waals surface area contributed by atoms with E-state index >= 15 is 0 Å². The third kappa shape index (κ3) is 6.81. The quantitative estimate of drug-likeness (QED) is 0.285. The maximum absolute atomic E-state index is 13.4. The summed E-state index contributed by atoms with van der Waals surface area (Å²) in [5.41, 5.74) is 5.81. The Kier molecular flexibility index (Phi) is 8.67. The summed E-state index contributed by atoms with van der Waals surface area (Å²) in [6.07, 6.45) is -0.404. The monoisotopic (exact) mass is 579 g/mol. The van der Waals surface area contributed by atoms with Crippen molar-refractivity contribution in [2.24, 2.45) is 5.73 Å². The number of carbonyl (C=O) groups excluding carboxylic acids is 3. The lowest BCUT2D eigenvalue weighted by Crippen LogP contribution is -2.45. The minimum absolute atomic E-state index is 0.00256. The Morgan fingerprint density at radius 1 is 1.23 bits per heavy atom. The molecule has 0 unspecified atom stereocenters. The van der Waals surface area contributed by atoms with Crippen LogP contribution in [0.1, 0.15) is 35.1 Å². The number of thioether (sulfide) groups is 1. The number of hydrogen-bond acceptors (Lipinski definition) is 7. The number of likely N-dealkylation sites (tertiary alicyclic amines) is 1. The van der Waals surface area contributed by atoms with Crippen LogP contribution in [-0.2, 0) is 22.3 Å². The first kappa shape index (κ1) is 28.7. The van der Waals surface area contributed by atoms with Crippen molar-refractivity contribution in [2.75, 3.05) is 25.0 Å². The summed E-state index contributed by atoms with van der Waals surface area (Å²) in [6, 6.07) is 8.24. The van der Waals surface area contributed by atoms with Gasteiger partial charge < -0.3 is 16.5 Å². The number of rotatable bonds is 9. The van der Waals surface area contributed by atoms with E-state index in [9.17, 15) is 27.6 Å². The lowest BCUT2D eigenvalue weighted by Gasteiger charge is -2.26. The van der Waals surface area contributed by atoms with E-state index in [-0.39, 0.29) is 41.2 Å². The van der Waals surface area contributed by atoms with E-state index < -0.39 is 28.8 Å². The van der Waals surface area contributed by atoms with Gasteiger partial charge in [-0.05, 0) is 72.6 Å². The largest absolute Gasteiger partial charge is 0.416 e. The van der Waals surface area contributed by atoms with Crippen LogP contribution < -0.4 is 11.1 Å². The van der Waals surface area contributed by atoms with Crippen LogP contribution in [0.4, 0.5) is 23.7 Å². The van der Waals surface area contributed by atoms with E-state index in [0.717, 1.165) is 41.8 Å². The minimum atomic E-state index is -4.57. The smallest absolute Gasteiger partial charge is 0.380 e. The molecule has 0 spiro atoms. The summed E-state index contributed by atoms with van der Waals surface area (Å²) >= 11 is 6.55. The Hall–Kier alpha value is -3.35. The van der Waals surface area contributed by atoms with Gasteiger partial charge in [-0.15, -0.1) is 0 Å². The highest BCUT2D eigenvalue weighted by Gasteiger charge is 2.39. The first-order chi connectivity index (χ1) is 18.5. The molecule has 4 N–H and O–H groups in total. The number of nitrogens with one attached hydrogen (secondary N) is 2. The van der Waals surface area contributed by atoms with Gasteiger partial charge in [0.1, 0.15) is 0 Å². The fraction of sp³-hybridized carbons (Fsp3) is 0.308. The maximum atomic E-state index is 13.4. The number of carbonyl (C=O) groups is 3. The molecule has 0 aliphatic carbocycles. The lowest BCUT2D eigenvalue weighted by molar-refractivity contribution is -0.138. The number of imide groups is 1. The van der Waals surface area contributed by atoms with E-state index in [4.69, 9.17) is 22.7 Å². The Balaban J connectivity index is 1.47. The number of primary amides is 1. The van der Waals surface area contributed by atoms with Crippen LogP contribution in [0.2, 0.25) is 5.02 Å². The van der Waals surface area contributed by atoms with E-state index in [1.165, 1.54) is 12.1 Å². The van der Waals surface area contributed by atoms with Gasteiger partial charge in [-0.3, -0.25) is 24.2 Å². The number of nitrogens with zero attached hydrogens (tertiary/aromatic N) is 2. The van der Waals surface area contributed by atoms with Gasteiger partial charge in [0.05, 0.1) is 17.0 Å². The van der Waals surface area contributed by atoms with Crippen LogP contribution in [0.15, 0.2) is 41.3 Å². The molecule has 39 heavy (non-hydrogen) atoms. The van der Waals surface area contributed by atoms with Crippen molar-refractivity contribution in [3.63, 3.8) is 0 Å². The van der Waals surface area contributed by atoms with E-state index in [1.54, 1.807) is 24.3 Å². The number of alkyl halides is 3. The third-order valence-corrected chi connectivity index (χ3v) is 7.64. The highest BCUT2D eigenvalue weighted by molar-refractivity contribution is 8.18. The Morgan fingerprint density at radius 3 is 2.69 bits per heavy atom. The van der Waals surface area contributed by atoms with Crippen LogP contribution in [0, 0.1) is 5.41 Å². The van der Waals surface area contributed by atoms with Crippen LogP contribution >= 0.6 is 23.4 Å². The summed E-state index contributed by atoms with van der Waals surface area (Å²) < 4.78 is 40.2. The summed E-state index contributed by atoms with van der Waals surface area (Å²) in [6.45, 7) is 0.745. The predicted molar refractivity (Wildman–Crippen MR) is 145 cm³/mol. The SMILES string of the molecule is N=Cc1cc(/C=C2\SC(=O)N(C[C@@H]3CCCN3CC(N)=O)C2=O)ccc1NCc1ccc(Cl)cc1C(F)(F)F. The molecule has 2 heterocycles. The van der Waals surface area contributed by atoms with Gasteiger partial charge in [-0.1, -0.05) is 23.7 Å². The first-order valence-electron chi connectivity index (χ1n) is 12.0. The topological polar surface area (TPSA) is 120 Å². The third-order valence-electron chi connectivity index (χ3n) is 6.50. The molecule has 206 valence electrons. The fourth-order valence-corrected chi connectivity index (χ4v) is 5.66. The number of anilines is 1. The molecular formula is C26H25ClF3N5O3S. The molecule has 2 saturated heterocycles. The molecule has 2 fully saturated rings. The number of hydrogen-bond donors (Lipinski definition) is 3. The standard InChI is InChI=1S/C26H25ClF3N5O3S/c27-18-5-4-16(20(10-18)26(28,29)30)12-33-21-6-3-15(8-17(21)11-31)9-22-24(37)35(25(38)39-22)13-19-2-1-7-34(19)14-23(32)36/h3-6,8-11,19,31,33H,1-2,7,12-14H2,(H2,32,36)/b22-9-,31-11?/t19-/m0/s1. The second kappa shape index (κ2) is 11.8. The molecule has 2 aromatic rings.